The van der Waals surface area contributed by atoms with Gasteiger partial charge in [-0.05, 0) is 32.0 Å². The molecule has 0 heterocycles. The van der Waals surface area contributed by atoms with E-state index < -0.39 is 24.7 Å². The van der Waals surface area contributed by atoms with Gasteiger partial charge in [-0.2, -0.15) is 13.2 Å². The van der Waals surface area contributed by atoms with Gasteiger partial charge in [-0.15, -0.1) is 0 Å². The fraction of sp³-hybridized carbons (Fsp3) is 0.417. The van der Waals surface area contributed by atoms with Crippen molar-refractivity contribution in [3.63, 3.8) is 0 Å². The van der Waals surface area contributed by atoms with Crippen LogP contribution in [-0.4, -0.2) is 34.7 Å². The van der Waals surface area contributed by atoms with Gasteiger partial charge in [0.1, 0.15) is 12.3 Å². The zero-order chi connectivity index (χ0) is 14.8. The standard InChI is InChI=1S/C12H15F3N2O2/c1-7(2)17(6-12(13,14)15)11(19)8-3-4-9(16)10(18)5-8/h3-5,7,18H,6,16H2,1-2H3. The van der Waals surface area contributed by atoms with Crippen LogP contribution < -0.4 is 5.73 Å². The van der Waals surface area contributed by atoms with Crippen molar-refractivity contribution in [1.82, 2.24) is 4.90 Å². The molecular weight excluding hydrogens is 261 g/mol. The summed E-state index contributed by atoms with van der Waals surface area (Å²) in [6, 6.07) is 3.00. The highest BCUT2D eigenvalue weighted by Crippen LogP contribution is 2.24. The van der Waals surface area contributed by atoms with E-state index in [2.05, 4.69) is 0 Å². The highest BCUT2D eigenvalue weighted by molar-refractivity contribution is 5.95. The smallest absolute Gasteiger partial charge is 0.406 e. The van der Waals surface area contributed by atoms with E-state index >= 15 is 0 Å². The van der Waals surface area contributed by atoms with Crippen molar-refractivity contribution in [2.75, 3.05) is 12.3 Å². The second-order valence-corrected chi connectivity index (χ2v) is 4.42. The summed E-state index contributed by atoms with van der Waals surface area (Å²) in [5.74, 6) is -1.14. The summed E-state index contributed by atoms with van der Waals surface area (Å²) < 4.78 is 37.3. The molecule has 19 heavy (non-hydrogen) atoms. The molecule has 0 radical (unpaired) electrons. The quantitative estimate of drug-likeness (QED) is 0.658. The maximum Gasteiger partial charge on any atom is 0.406 e. The van der Waals surface area contributed by atoms with Crippen LogP contribution in [0.1, 0.15) is 24.2 Å². The van der Waals surface area contributed by atoms with Crippen molar-refractivity contribution in [1.29, 1.82) is 0 Å². The molecule has 0 saturated heterocycles. The third-order valence-corrected chi connectivity index (χ3v) is 2.51. The van der Waals surface area contributed by atoms with Crippen LogP contribution in [0.15, 0.2) is 18.2 Å². The lowest BCUT2D eigenvalue weighted by Gasteiger charge is -2.27. The first-order valence-electron chi connectivity index (χ1n) is 5.58. The molecule has 0 saturated carbocycles. The van der Waals surface area contributed by atoms with E-state index in [1.165, 1.54) is 26.0 Å². The van der Waals surface area contributed by atoms with Gasteiger partial charge in [-0.1, -0.05) is 0 Å². The number of hydrogen-bond donors (Lipinski definition) is 2. The Morgan fingerprint density at radius 2 is 2.00 bits per heavy atom. The molecule has 0 unspecified atom stereocenters. The van der Waals surface area contributed by atoms with E-state index in [4.69, 9.17) is 5.73 Å². The predicted octanol–water partition coefficient (Wildman–Crippen LogP) is 2.39. The average Bonchev–Trinajstić information content (AvgIpc) is 2.27. The van der Waals surface area contributed by atoms with Crippen molar-refractivity contribution in [2.45, 2.75) is 26.1 Å². The molecule has 0 fully saturated rings. The Labute approximate surface area is 108 Å². The van der Waals surface area contributed by atoms with Crippen LogP contribution in [0.2, 0.25) is 0 Å². The largest absolute Gasteiger partial charge is 0.506 e. The molecule has 0 atom stereocenters. The van der Waals surface area contributed by atoms with Crippen LogP contribution in [0.4, 0.5) is 18.9 Å². The molecule has 1 amide bonds. The lowest BCUT2D eigenvalue weighted by Crippen LogP contribution is -2.43. The fourth-order valence-corrected chi connectivity index (χ4v) is 1.52. The molecule has 7 heteroatoms. The number of alkyl halides is 3. The number of rotatable bonds is 3. The highest BCUT2D eigenvalue weighted by Gasteiger charge is 2.34. The minimum Gasteiger partial charge on any atom is -0.506 e. The fourth-order valence-electron chi connectivity index (χ4n) is 1.52. The number of phenolic OH excluding ortho intramolecular Hbond substituents is 1. The minimum atomic E-state index is -4.48. The molecule has 0 aromatic heterocycles. The monoisotopic (exact) mass is 276 g/mol. The van der Waals surface area contributed by atoms with Gasteiger partial charge in [0.15, 0.2) is 0 Å². The van der Waals surface area contributed by atoms with Crippen molar-refractivity contribution >= 4 is 11.6 Å². The van der Waals surface area contributed by atoms with Crippen molar-refractivity contribution < 1.29 is 23.1 Å². The number of carbonyl (C=O) groups is 1. The van der Waals surface area contributed by atoms with Gasteiger partial charge in [0.05, 0.1) is 5.69 Å². The maximum absolute atomic E-state index is 12.4. The molecule has 1 aromatic rings. The van der Waals surface area contributed by atoms with Gasteiger partial charge < -0.3 is 15.7 Å². The number of carbonyl (C=O) groups excluding carboxylic acids is 1. The van der Waals surface area contributed by atoms with E-state index in [1.54, 1.807) is 0 Å². The third kappa shape index (κ3) is 4.04. The van der Waals surface area contributed by atoms with Gasteiger partial charge in [0.2, 0.25) is 0 Å². The lowest BCUT2D eigenvalue weighted by molar-refractivity contribution is -0.143. The minimum absolute atomic E-state index is 0.0374. The number of nitrogens with zero attached hydrogens (tertiary/aromatic N) is 1. The van der Waals surface area contributed by atoms with Crippen LogP contribution in [0, 0.1) is 0 Å². The summed E-state index contributed by atoms with van der Waals surface area (Å²) in [6.45, 7) is 1.64. The summed E-state index contributed by atoms with van der Waals surface area (Å²) in [5, 5.41) is 9.38. The van der Waals surface area contributed by atoms with Crippen LogP contribution >= 0.6 is 0 Å². The normalized spacial score (nSPS) is 11.7. The van der Waals surface area contributed by atoms with E-state index in [0.717, 1.165) is 6.07 Å². The molecule has 4 nitrogen and oxygen atoms in total. The summed E-state index contributed by atoms with van der Waals surface area (Å²) >= 11 is 0. The van der Waals surface area contributed by atoms with Gasteiger partial charge in [0.25, 0.3) is 5.91 Å². The van der Waals surface area contributed by atoms with Crippen LogP contribution in [0.25, 0.3) is 0 Å². The second kappa shape index (κ2) is 5.38. The molecule has 3 N–H and O–H groups in total. The molecule has 0 bridgehead atoms. The first kappa shape index (κ1) is 15.1. The first-order valence-corrected chi connectivity index (χ1v) is 5.58. The Morgan fingerprint density at radius 1 is 1.42 bits per heavy atom. The predicted molar refractivity (Wildman–Crippen MR) is 64.7 cm³/mol. The number of nitrogens with two attached hydrogens (primary N) is 1. The first-order chi connectivity index (χ1) is 8.61. The number of hydrogen-bond acceptors (Lipinski definition) is 3. The van der Waals surface area contributed by atoms with Gasteiger partial charge in [-0.3, -0.25) is 4.79 Å². The van der Waals surface area contributed by atoms with Gasteiger partial charge >= 0.3 is 6.18 Å². The highest BCUT2D eigenvalue weighted by atomic mass is 19.4. The second-order valence-electron chi connectivity index (χ2n) is 4.42. The maximum atomic E-state index is 12.4. The molecule has 0 spiro atoms. The molecule has 1 aromatic carbocycles. The van der Waals surface area contributed by atoms with E-state index in [0.29, 0.717) is 4.90 Å². The van der Waals surface area contributed by atoms with Gasteiger partial charge in [-0.25, -0.2) is 0 Å². The molecule has 0 aliphatic rings. The molecule has 106 valence electrons. The number of phenols is 1. The Morgan fingerprint density at radius 3 is 2.42 bits per heavy atom. The summed E-state index contributed by atoms with van der Waals surface area (Å²) in [5.41, 5.74) is 5.39. The number of halogens is 3. The Hall–Kier alpha value is -1.92. The molecule has 0 aliphatic carbocycles. The number of amides is 1. The summed E-state index contributed by atoms with van der Waals surface area (Å²) in [4.78, 5) is 12.7. The van der Waals surface area contributed by atoms with Crippen molar-refractivity contribution in [3.05, 3.63) is 23.8 Å². The van der Waals surface area contributed by atoms with Crippen molar-refractivity contribution in [2.24, 2.45) is 0 Å². The SMILES string of the molecule is CC(C)N(CC(F)(F)F)C(=O)c1ccc(N)c(O)c1. The molecular formula is C12H15F3N2O2. The van der Waals surface area contributed by atoms with Gasteiger partial charge in [0, 0.05) is 11.6 Å². The van der Waals surface area contributed by atoms with Crippen LogP contribution in [0.3, 0.4) is 0 Å². The van der Waals surface area contributed by atoms with E-state index in [9.17, 15) is 23.1 Å². The molecule has 0 aliphatic heterocycles. The number of benzene rings is 1. The van der Waals surface area contributed by atoms with Crippen LogP contribution in [-0.2, 0) is 0 Å². The van der Waals surface area contributed by atoms with E-state index in [-0.39, 0.29) is 17.0 Å². The Kier molecular flexibility index (Phi) is 4.28. The Bertz CT molecular complexity index is 473. The topological polar surface area (TPSA) is 66.6 Å². The zero-order valence-corrected chi connectivity index (χ0v) is 10.5. The Balaban J connectivity index is 3.02. The number of nitrogen functional groups attached to an aromatic ring is 1. The number of anilines is 1. The van der Waals surface area contributed by atoms with E-state index in [1.807, 2.05) is 0 Å². The third-order valence-electron chi connectivity index (χ3n) is 2.51. The lowest BCUT2D eigenvalue weighted by atomic mass is 10.1. The molecule has 1 rings (SSSR count). The van der Waals surface area contributed by atoms with Crippen molar-refractivity contribution in [3.8, 4) is 5.75 Å². The average molecular weight is 276 g/mol. The summed E-state index contributed by atoms with van der Waals surface area (Å²) in [6.07, 6.45) is -4.48. The summed E-state index contributed by atoms with van der Waals surface area (Å²) in [7, 11) is 0. The van der Waals surface area contributed by atoms with Crippen LogP contribution in [0.5, 0.6) is 5.75 Å². The number of aromatic hydroxyl groups is 1. The zero-order valence-electron chi connectivity index (χ0n) is 10.5.